The molecule has 0 saturated carbocycles. The Hall–Kier alpha value is -4.28. The van der Waals surface area contributed by atoms with Crippen LogP contribution in [0.4, 0.5) is 5.69 Å². The fourth-order valence-corrected chi connectivity index (χ4v) is 8.41. The van der Waals surface area contributed by atoms with Gasteiger partial charge in [-0.25, -0.2) is 0 Å². The number of fused-ring (bicyclic) bond motifs is 1. The van der Waals surface area contributed by atoms with Gasteiger partial charge >= 0.3 is 5.97 Å². The minimum Gasteiger partial charge on any atom is -0.455 e. The number of rotatable bonds is 18. The van der Waals surface area contributed by atoms with Crippen molar-refractivity contribution in [3.05, 3.63) is 90.5 Å². The maximum absolute atomic E-state index is 15.0. The van der Waals surface area contributed by atoms with E-state index in [1.54, 1.807) is 33.9 Å². The van der Waals surface area contributed by atoms with Crippen molar-refractivity contribution < 1.29 is 33.8 Å². The van der Waals surface area contributed by atoms with Crippen molar-refractivity contribution in [2.45, 2.75) is 102 Å². The number of carbonyl (C=O) groups is 4. The van der Waals surface area contributed by atoms with E-state index in [0.29, 0.717) is 38.6 Å². The number of hydrogen-bond donors (Lipinski definition) is 1. The van der Waals surface area contributed by atoms with Crippen LogP contribution in [-0.4, -0.2) is 89.1 Å². The first-order valence-electron chi connectivity index (χ1n) is 18.7. The summed E-state index contributed by atoms with van der Waals surface area (Å²) in [5.41, 5.74) is 2.19. The van der Waals surface area contributed by atoms with Gasteiger partial charge in [0.1, 0.15) is 17.7 Å². The molecule has 3 aliphatic heterocycles. The third kappa shape index (κ3) is 7.60. The van der Waals surface area contributed by atoms with Gasteiger partial charge in [-0.2, -0.15) is 0 Å². The fraction of sp³-hybridized carbons (Fsp3) is 0.524. The first-order chi connectivity index (χ1) is 25.0. The lowest BCUT2D eigenvalue weighted by atomic mass is 9.70. The largest absolute Gasteiger partial charge is 0.455 e. The van der Waals surface area contributed by atoms with Crippen molar-refractivity contribution in [1.29, 1.82) is 0 Å². The molecule has 280 valence electrons. The summed E-state index contributed by atoms with van der Waals surface area (Å²) in [6.45, 7) is 14.1. The summed E-state index contributed by atoms with van der Waals surface area (Å²) in [4.78, 5) is 62.2. The molecule has 3 aliphatic rings. The lowest BCUT2D eigenvalue weighted by Crippen LogP contribution is -2.56. The van der Waals surface area contributed by atoms with E-state index >= 15 is 0 Å². The molecule has 1 spiro atoms. The van der Waals surface area contributed by atoms with E-state index in [4.69, 9.17) is 9.47 Å². The summed E-state index contributed by atoms with van der Waals surface area (Å²) >= 11 is 0. The topological polar surface area (TPSA) is 117 Å². The van der Waals surface area contributed by atoms with Gasteiger partial charge in [0.25, 0.3) is 5.91 Å². The molecular formula is C42H55N3O7. The summed E-state index contributed by atoms with van der Waals surface area (Å²) in [7, 11) is 1.70. The standard InChI is InChI=1S/C42H55N3O7/c1-7-9-19-34(47)43(6)30(5)37(31-17-13-12-14-18-31)51-41(50)35-33-22-23-42(52-33)36(35)39(48)45(25-15-10-11-16-26-46)38(42)40(49)44(24-8-2)32-27-28(3)20-21-29(32)4/h7-8,12-14,17-18,20-21,27,30,33,35-38,46H,1-2,9-11,15-16,19,22-26H2,3-6H3/t30-,33+,35-,36-,37+,38+,42-/m0/s1. The number of benzene rings is 2. The molecule has 3 saturated heterocycles. The second-order valence-corrected chi connectivity index (χ2v) is 14.6. The third-order valence-electron chi connectivity index (χ3n) is 11.2. The first kappa shape index (κ1) is 38.9. The fourth-order valence-electron chi connectivity index (χ4n) is 8.41. The monoisotopic (exact) mass is 713 g/mol. The van der Waals surface area contributed by atoms with Crippen molar-refractivity contribution in [3.63, 3.8) is 0 Å². The number of unbranched alkanes of at least 4 members (excludes halogenated alkanes) is 3. The number of hydrogen-bond acceptors (Lipinski definition) is 7. The average Bonchev–Trinajstić information content (AvgIpc) is 3.79. The number of likely N-dealkylation sites (tertiary alicyclic amines) is 1. The highest BCUT2D eigenvalue weighted by Crippen LogP contribution is 2.59. The molecule has 10 nitrogen and oxygen atoms in total. The highest BCUT2D eigenvalue weighted by Gasteiger charge is 2.75. The number of anilines is 1. The van der Waals surface area contributed by atoms with E-state index in [1.807, 2.05) is 69.3 Å². The van der Waals surface area contributed by atoms with Gasteiger partial charge in [0.15, 0.2) is 0 Å². The van der Waals surface area contributed by atoms with Gasteiger partial charge in [-0.1, -0.05) is 67.5 Å². The molecule has 1 N–H and O–H groups in total. The predicted molar refractivity (Wildman–Crippen MR) is 200 cm³/mol. The molecular weight excluding hydrogens is 658 g/mol. The molecule has 0 radical (unpaired) electrons. The molecule has 2 aromatic rings. The average molecular weight is 714 g/mol. The van der Waals surface area contributed by atoms with Crippen molar-refractivity contribution in [3.8, 4) is 0 Å². The molecule has 52 heavy (non-hydrogen) atoms. The van der Waals surface area contributed by atoms with Crippen molar-refractivity contribution >= 4 is 29.4 Å². The molecule has 2 bridgehead atoms. The normalized spacial score (nSPS) is 24.2. The number of carbonyl (C=O) groups excluding carboxylic acids is 4. The predicted octanol–water partition coefficient (Wildman–Crippen LogP) is 5.85. The quantitative estimate of drug-likeness (QED) is 0.117. The number of ether oxygens (including phenoxy) is 2. The Morgan fingerprint density at radius 3 is 2.50 bits per heavy atom. The second-order valence-electron chi connectivity index (χ2n) is 14.6. The van der Waals surface area contributed by atoms with Gasteiger partial charge in [0, 0.05) is 38.9 Å². The van der Waals surface area contributed by atoms with Crippen LogP contribution in [0.5, 0.6) is 0 Å². The lowest BCUT2D eigenvalue weighted by Gasteiger charge is -2.37. The summed E-state index contributed by atoms with van der Waals surface area (Å²) in [6, 6.07) is 13.8. The Morgan fingerprint density at radius 1 is 1.08 bits per heavy atom. The van der Waals surface area contributed by atoms with Gasteiger partial charge in [-0.05, 0) is 75.6 Å². The van der Waals surface area contributed by atoms with Crippen LogP contribution >= 0.6 is 0 Å². The Morgan fingerprint density at radius 2 is 1.81 bits per heavy atom. The highest BCUT2D eigenvalue weighted by molar-refractivity contribution is 6.05. The number of allylic oxidation sites excluding steroid dienone is 1. The minimum absolute atomic E-state index is 0.0959. The molecule has 0 aliphatic carbocycles. The van der Waals surface area contributed by atoms with Crippen LogP contribution in [0, 0.1) is 25.7 Å². The molecule has 7 atom stereocenters. The number of nitrogens with zero attached hydrogens (tertiary/aromatic N) is 3. The van der Waals surface area contributed by atoms with Gasteiger partial charge in [0.2, 0.25) is 11.8 Å². The summed E-state index contributed by atoms with van der Waals surface area (Å²) in [5.74, 6) is -3.00. The van der Waals surface area contributed by atoms with Crippen LogP contribution in [0.2, 0.25) is 0 Å². The number of esters is 1. The van der Waals surface area contributed by atoms with Crippen LogP contribution in [0.25, 0.3) is 0 Å². The van der Waals surface area contributed by atoms with Crippen molar-refractivity contribution in [2.24, 2.45) is 11.8 Å². The molecule has 3 fully saturated rings. The number of aliphatic hydroxyl groups is 1. The highest BCUT2D eigenvalue weighted by atomic mass is 16.6. The van der Waals surface area contributed by atoms with Crippen LogP contribution in [0.3, 0.4) is 0 Å². The molecule has 0 unspecified atom stereocenters. The molecule has 3 amide bonds. The van der Waals surface area contributed by atoms with Gasteiger partial charge in [-0.3, -0.25) is 19.2 Å². The maximum Gasteiger partial charge on any atom is 0.313 e. The van der Waals surface area contributed by atoms with E-state index in [9.17, 15) is 24.3 Å². The third-order valence-corrected chi connectivity index (χ3v) is 11.2. The Kier molecular flexibility index (Phi) is 12.8. The Labute approximate surface area is 308 Å². The van der Waals surface area contributed by atoms with E-state index in [-0.39, 0.29) is 37.3 Å². The Bertz CT molecular complexity index is 1630. The smallest absolute Gasteiger partial charge is 0.313 e. The molecule has 0 aromatic heterocycles. The van der Waals surface area contributed by atoms with E-state index in [2.05, 4.69) is 13.2 Å². The summed E-state index contributed by atoms with van der Waals surface area (Å²) < 4.78 is 13.1. The number of aryl methyl sites for hydroxylation is 2. The van der Waals surface area contributed by atoms with Crippen LogP contribution < -0.4 is 4.90 Å². The molecule has 5 rings (SSSR count). The number of likely N-dealkylation sites (N-methyl/N-ethyl adjacent to an activating group) is 1. The number of aliphatic hydroxyl groups excluding tert-OH is 1. The molecule has 2 aromatic carbocycles. The van der Waals surface area contributed by atoms with Crippen LogP contribution in [0.15, 0.2) is 73.8 Å². The Balaban J connectivity index is 1.49. The van der Waals surface area contributed by atoms with E-state index < -0.39 is 47.7 Å². The summed E-state index contributed by atoms with van der Waals surface area (Å²) in [5, 5.41) is 9.31. The van der Waals surface area contributed by atoms with Crippen molar-refractivity contribution in [1.82, 2.24) is 9.80 Å². The zero-order valence-corrected chi connectivity index (χ0v) is 31.2. The van der Waals surface area contributed by atoms with Gasteiger partial charge < -0.3 is 29.3 Å². The lowest BCUT2D eigenvalue weighted by molar-refractivity contribution is -0.164. The second kappa shape index (κ2) is 17.0. The van der Waals surface area contributed by atoms with E-state index in [1.165, 1.54) is 0 Å². The first-order valence-corrected chi connectivity index (χ1v) is 18.7. The molecule has 10 heteroatoms. The minimum atomic E-state index is -1.20. The van der Waals surface area contributed by atoms with Crippen LogP contribution in [0.1, 0.15) is 81.1 Å². The van der Waals surface area contributed by atoms with Crippen LogP contribution in [-0.2, 0) is 28.7 Å². The SMILES string of the molecule is C=CCCC(=O)N(C)[C@@H](C)[C@@H](OC(=O)[C@@H]1[C@H]2C(=O)N(CCCCCCO)[C@H](C(=O)N(CC=C)c3cc(C)ccc3C)[C@]23CC[C@H]1O3)c1ccccc1. The number of amides is 3. The van der Waals surface area contributed by atoms with Gasteiger partial charge in [-0.15, -0.1) is 13.2 Å². The van der Waals surface area contributed by atoms with Gasteiger partial charge in [0.05, 0.1) is 24.0 Å². The molecule has 3 heterocycles. The van der Waals surface area contributed by atoms with Crippen molar-refractivity contribution in [2.75, 3.05) is 31.6 Å². The maximum atomic E-state index is 15.0. The summed E-state index contributed by atoms with van der Waals surface area (Å²) in [6.07, 6.45) is 6.66. The van der Waals surface area contributed by atoms with E-state index in [0.717, 1.165) is 35.2 Å². The zero-order chi connectivity index (χ0) is 37.6. The zero-order valence-electron chi connectivity index (χ0n) is 31.2.